The third kappa shape index (κ3) is 75.7. The van der Waals surface area contributed by atoms with Gasteiger partial charge in [0.2, 0.25) is 0 Å². The molecule has 0 aliphatic carbocycles. The quantitative estimate of drug-likeness (QED) is 0.0169. The molecule has 0 aliphatic rings. The summed E-state index contributed by atoms with van der Waals surface area (Å²) in [7, 11) is -10.00. The highest BCUT2D eigenvalue weighted by molar-refractivity contribution is 7.47. The lowest BCUT2D eigenvalue weighted by atomic mass is 10.1. The minimum absolute atomic E-state index is 0.0108. The molecule has 19 heteroatoms. The van der Waals surface area contributed by atoms with Crippen LogP contribution in [-0.4, -0.2) is 96.7 Å². The van der Waals surface area contributed by atoms with Crippen molar-refractivity contribution in [2.75, 3.05) is 39.6 Å². The average molecular weight is 1500 g/mol. The fourth-order valence-corrected chi connectivity index (χ4v) is 12.2. The molecule has 104 heavy (non-hydrogen) atoms. The Kier molecular flexibility index (Phi) is 73.3. The van der Waals surface area contributed by atoms with Gasteiger partial charge in [0.15, 0.2) is 12.2 Å². The Bertz CT molecular complexity index is 2440. The minimum atomic E-state index is -5.01. The number of hydrogen-bond acceptors (Lipinski definition) is 15. The van der Waals surface area contributed by atoms with Gasteiger partial charge in [-0.05, 0) is 154 Å². The maximum absolute atomic E-state index is 13.1. The van der Waals surface area contributed by atoms with Crippen LogP contribution in [0.3, 0.4) is 0 Å². The Balaban J connectivity index is 5.48. The van der Waals surface area contributed by atoms with Crippen LogP contribution in [0, 0.1) is 0 Å². The van der Waals surface area contributed by atoms with E-state index in [4.69, 9.17) is 37.0 Å². The van der Waals surface area contributed by atoms with Crippen LogP contribution < -0.4 is 0 Å². The first-order chi connectivity index (χ1) is 50.7. The highest BCUT2D eigenvalue weighted by atomic mass is 31.2. The third-order valence-corrected chi connectivity index (χ3v) is 18.8. The standard InChI is InChI=1S/C85H146O17P2/c1-5-9-13-17-21-25-29-33-37-39-43-46-50-54-58-62-66-70-83(88)96-76-81(102-85(90)72-68-64-60-56-52-48-44-40-38-34-30-26-22-18-14-10-6-2)78-100-104(93,94)98-74-79(86)73-97-103(91,92)99-77-80(101-84(89)71-67-63-59-55-51-47-42-36-32-28-24-20-16-12-8-4)75-95-82(87)69-65-61-57-53-49-45-41-35-31-27-23-19-15-11-7-3/h23-24,27-28,33-38,41-44,46,48,54,56,58,60,79-81,86H,5-22,25-26,29-32,39-40,45,47,49-53,55,57,59,61-78H2,1-4H3,(H,91,92)(H,93,94). The van der Waals surface area contributed by atoms with Gasteiger partial charge in [0.25, 0.3) is 0 Å². The summed E-state index contributed by atoms with van der Waals surface area (Å²) in [4.78, 5) is 73.0. The molecule has 0 saturated carbocycles. The van der Waals surface area contributed by atoms with Crippen molar-refractivity contribution in [2.24, 2.45) is 0 Å². The van der Waals surface area contributed by atoms with Crippen molar-refractivity contribution in [3.8, 4) is 0 Å². The Morgan fingerprint density at radius 2 is 0.481 bits per heavy atom. The maximum Gasteiger partial charge on any atom is 0.472 e. The largest absolute Gasteiger partial charge is 0.472 e. The van der Waals surface area contributed by atoms with Crippen molar-refractivity contribution < 1.29 is 80.2 Å². The lowest BCUT2D eigenvalue weighted by Gasteiger charge is -2.21. The summed E-state index contributed by atoms with van der Waals surface area (Å²) in [5, 5.41) is 10.6. The van der Waals surface area contributed by atoms with E-state index in [0.717, 1.165) is 128 Å². The van der Waals surface area contributed by atoms with Gasteiger partial charge in [-0.1, -0.05) is 278 Å². The number of phosphoric acid groups is 2. The van der Waals surface area contributed by atoms with Gasteiger partial charge in [-0.25, -0.2) is 9.13 Å². The monoisotopic (exact) mass is 1500 g/mol. The highest BCUT2D eigenvalue weighted by Crippen LogP contribution is 2.45. The molecule has 598 valence electrons. The van der Waals surface area contributed by atoms with Gasteiger partial charge < -0.3 is 33.8 Å². The number of allylic oxidation sites excluding steroid dienone is 20. The number of esters is 4. The summed E-state index contributed by atoms with van der Waals surface area (Å²) < 4.78 is 68.5. The molecule has 0 rings (SSSR count). The van der Waals surface area contributed by atoms with Crippen LogP contribution in [0.15, 0.2) is 122 Å². The number of ether oxygens (including phenoxy) is 4. The smallest absolute Gasteiger partial charge is 0.462 e. The molecule has 0 saturated heterocycles. The second-order valence-corrected chi connectivity index (χ2v) is 29.9. The number of rotatable bonds is 76. The first kappa shape index (κ1) is 99.5. The van der Waals surface area contributed by atoms with E-state index in [2.05, 4.69) is 125 Å². The molecule has 0 aliphatic heterocycles. The zero-order valence-corrected chi connectivity index (χ0v) is 67.2. The first-order valence-corrected chi connectivity index (χ1v) is 43.8. The van der Waals surface area contributed by atoms with Gasteiger partial charge in [0.05, 0.1) is 26.4 Å². The molecular formula is C85H146O17P2. The second-order valence-electron chi connectivity index (χ2n) is 27.0. The molecule has 0 spiro atoms. The van der Waals surface area contributed by atoms with Crippen LogP contribution in [0.2, 0.25) is 0 Å². The summed E-state index contributed by atoms with van der Waals surface area (Å²) in [6, 6.07) is 0. The van der Waals surface area contributed by atoms with Gasteiger partial charge >= 0.3 is 39.5 Å². The van der Waals surface area contributed by atoms with Crippen molar-refractivity contribution in [2.45, 2.75) is 354 Å². The first-order valence-electron chi connectivity index (χ1n) is 40.8. The molecule has 3 N–H and O–H groups in total. The number of carbonyl (C=O) groups is 4. The summed E-state index contributed by atoms with van der Waals surface area (Å²) >= 11 is 0. The number of hydrogen-bond donors (Lipinski definition) is 3. The van der Waals surface area contributed by atoms with E-state index < -0.39 is 97.5 Å². The maximum atomic E-state index is 13.1. The Morgan fingerprint density at radius 1 is 0.269 bits per heavy atom. The van der Waals surface area contributed by atoms with Crippen LogP contribution >= 0.6 is 15.6 Å². The fourth-order valence-electron chi connectivity index (χ4n) is 10.6. The van der Waals surface area contributed by atoms with E-state index in [1.165, 1.54) is 116 Å². The molecule has 0 aromatic carbocycles. The van der Waals surface area contributed by atoms with Crippen molar-refractivity contribution >= 4 is 39.5 Å². The van der Waals surface area contributed by atoms with Gasteiger partial charge in [0, 0.05) is 25.7 Å². The van der Waals surface area contributed by atoms with Crippen molar-refractivity contribution in [3.05, 3.63) is 122 Å². The predicted octanol–water partition coefficient (Wildman–Crippen LogP) is 23.9. The van der Waals surface area contributed by atoms with E-state index >= 15 is 0 Å². The molecule has 0 amide bonds. The van der Waals surface area contributed by atoms with E-state index in [1.54, 1.807) is 0 Å². The number of aliphatic hydroxyl groups is 1. The number of unbranched alkanes of at least 4 members (excludes halogenated alkanes) is 30. The second kappa shape index (κ2) is 76.6. The molecule has 0 aromatic rings. The van der Waals surface area contributed by atoms with Crippen LogP contribution in [0.1, 0.15) is 336 Å². The summed E-state index contributed by atoms with van der Waals surface area (Å²) in [5.41, 5.74) is 0. The van der Waals surface area contributed by atoms with Gasteiger partial charge in [-0.2, -0.15) is 0 Å². The topological polar surface area (TPSA) is 237 Å². The molecule has 0 heterocycles. The van der Waals surface area contributed by atoms with E-state index in [1.807, 2.05) is 24.3 Å². The zero-order valence-electron chi connectivity index (χ0n) is 65.4. The van der Waals surface area contributed by atoms with Crippen LogP contribution in [0.5, 0.6) is 0 Å². The molecule has 5 atom stereocenters. The lowest BCUT2D eigenvalue weighted by Crippen LogP contribution is -2.30. The Morgan fingerprint density at radius 3 is 0.788 bits per heavy atom. The fraction of sp³-hybridized carbons (Fsp3) is 0.718. The van der Waals surface area contributed by atoms with Crippen molar-refractivity contribution in [3.63, 3.8) is 0 Å². The molecule has 0 bridgehead atoms. The van der Waals surface area contributed by atoms with Gasteiger partial charge in [0.1, 0.15) is 19.3 Å². The molecular weight excluding hydrogens is 1350 g/mol. The van der Waals surface area contributed by atoms with Crippen LogP contribution in [0.25, 0.3) is 0 Å². The normalized spacial score (nSPS) is 14.5. The minimum Gasteiger partial charge on any atom is -0.462 e. The molecule has 17 nitrogen and oxygen atoms in total. The van der Waals surface area contributed by atoms with E-state index in [-0.39, 0.29) is 25.7 Å². The lowest BCUT2D eigenvalue weighted by molar-refractivity contribution is -0.161. The van der Waals surface area contributed by atoms with E-state index in [9.17, 15) is 43.2 Å². The third-order valence-electron chi connectivity index (χ3n) is 16.9. The number of phosphoric ester groups is 2. The number of carbonyl (C=O) groups excluding carboxylic acids is 4. The van der Waals surface area contributed by atoms with E-state index in [0.29, 0.717) is 38.5 Å². The van der Waals surface area contributed by atoms with Gasteiger partial charge in [-0.3, -0.25) is 37.3 Å². The summed E-state index contributed by atoms with van der Waals surface area (Å²) in [6.45, 7) is 4.68. The number of aliphatic hydroxyl groups excluding tert-OH is 1. The summed E-state index contributed by atoms with van der Waals surface area (Å²) in [5.74, 6) is -2.32. The molecule has 0 radical (unpaired) electrons. The van der Waals surface area contributed by atoms with Crippen molar-refractivity contribution in [1.82, 2.24) is 0 Å². The highest BCUT2D eigenvalue weighted by Gasteiger charge is 2.30. The Hall–Kier alpha value is -4.54. The summed E-state index contributed by atoms with van der Waals surface area (Å²) in [6.07, 6.45) is 84.7. The SMILES string of the molecule is CCCCCC=CCC=CCCCCCCCC(=O)OCC(COP(=O)(O)OCC(O)COP(=O)(O)OCC(COC(=O)CCCC=CCC=CCC=CCCCCCCCC)OC(=O)CCCC=CCC=CCC=CCCCCCCCC)OC(=O)CCCCCCCC=CCC=CCCCCC. The zero-order chi connectivity index (χ0) is 76.0. The molecule has 0 fully saturated rings. The van der Waals surface area contributed by atoms with Crippen LogP contribution in [0.4, 0.5) is 0 Å². The molecule has 5 unspecified atom stereocenters. The van der Waals surface area contributed by atoms with Crippen LogP contribution in [-0.2, 0) is 65.4 Å². The Labute approximate surface area is 632 Å². The molecule has 0 aromatic heterocycles. The predicted molar refractivity (Wildman–Crippen MR) is 427 cm³/mol. The van der Waals surface area contributed by atoms with Gasteiger partial charge in [-0.15, -0.1) is 0 Å². The average Bonchev–Trinajstić information content (AvgIpc) is 0.926. The van der Waals surface area contributed by atoms with Crippen molar-refractivity contribution in [1.29, 1.82) is 0 Å².